The summed E-state index contributed by atoms with van der Waals surface area (Å²) in [6.07, 6.45) is 1.55. The first-order valence-corrected chi connectivity index (χ1v) is 4.95. The zero-order valence-electron chi connectivity index (χ0n) is 9.02. The molecule has 0 aliphatic heterocycles. The largest absolute Gasteiger partial charge is 0.341 e. The van der Waals surface area contributed by atoms with Crippen LogP contribution in [0.15, 0.2) is 18.3 Å². The molecule has 1 aromatic carbocycles. The number of imidazole rings is 1. The lowest BCUT2D eigenvalue weighted by Gasteiger charge is -2.00. The lowest BCUT2D eigenvalue weighted by Crippen LogP contribution is -2.04. The SMILES string of the molecule is CNCc1cnc(-c2cc(F)c(F)c(F)c2)[nH]1. The Bertz CT molecular complexity index is 514. The van der Waals surface area contributed by atoms with E-state index in [0.717, 1.165) is 17.8 Å². The van der Waals surface area contributed by atoms with E-state index in [4.69, 9.17) is 0 Å². The van der Waals surface area contributed by atoms with Crippen molar-refractivity contribution in [2.75, 3.05) is 7.05 Å². The Balaban J connectivity index is 2.39. The van der Waals surface area contributed by atoms with E-state index in [-0.39, 0.29) is 5.56 Å². The van der Waals surface area contributed by atoms with Gasteiger partial charge in [-0.3, -0.25) is 0 Å². The zero-order valence-corrected chi connectivity index (χ0v) is 9.02. The molecule has 0 atom stereocenters. The van der Waals surface area contributed by atoms with Crippen LogP contribution in [-0.2, 0) is 6.54 Å². The molecule has 0 saturated heterocycles. The van der Waals surface area contributed by atoms with E-state index in [2.05, 4.69) is 15.3 Å². The Morgan fingerprint density at radius 1 is 1.24 bits per heavy atom. The van der Waals surface area contributed by atoms with E-state index in [9.17, 15) is 13.2 Å². The Morgan fingerprint density at radius 2 is 1.88 bits per heavy atom. The first-order valence-electron chi connectivity index (χ1n) is 4.95. The van der Waals surface area contributed by atoms with Gasteiger partial charge >= 0.3 is 0 Å². The summed E-state index contributed by atoms with van der Waals surface area (Å²) in [6, 6.07) is 1.81. The molecule has 0 amide bonds. The van der Waals surface area contributed by atoms with Gasteiger partial charge in [0.25, 0.3) is 0 Å². The van der Waals surface area contributed by atoms with Gasteiger partial charge in [0.2, 0.25) is 0 Å². The summed E-state index contributed by atoms with van der Waals surface area (Å²) in [5.41, 5.74) is 0.941. The molecule has 0 saturated carbocycles. The van der Waals surface area contributed by atoms with Crippen molar-refractivity contribution in [2.45, 2.75) is 6.54 Å². The summed E-state index contributed by atoms with van der Waals surface area (Å²) in [4.78, 5) is 6.84. The van der Waals surface area contributed by atoms with E-state index in [1.165, 1.54) is 0 Å². The van der Waals surface area contributed by atoms with Crippen LogP contribution >= 0.6 is 0 Å². The molecule has 0 aliphatic rings. The van der Waals surface area contributed by atoms with E-state index in [0.29, 0.717) is 12.4 Å². The van der Waals surface area contributed by atoms with E-state index in [1.807, 2.05) is 0 Å². The van der Waals surface area contributed by atoms with Gasteiger partial charge in [-0.05, 0) is 19.2 Å². The van der Waals surface area contributed by atoms with Gasteiger partial charge in [0.1, 0.15) is 5.82 Å². The molecule has 3 nitrogen and oxygen atoms in total. The molecule has 1 aromatic heterocycles. The first kappa shape index (κ1) is 11.7. The minimum absolute atomic E-state index is 0.170. The fraction of sp³-hybridized carbons (Fsp3) is 0.182. The van der Waals surface area contributed by atoms with Gasteiger partial charge in [0, 0.05) is 24.0 Å². The Hall–Kier alpha value is -1.82. The first-order chi connectivity index (χ1) is 8.11. The van der Waals surface area contributed by atoms with Crippen LogP contribution in [0.5, 0.6) is 0 Å². The third-order valence-corrected chi connectivity index (χ3v) is 2.25. The van der Waals surface area contributed by atoms with Gasteiger partial charge in [-0.2, -0.15) is 0 Å². The third-order valence-electron chi connectivity index (χ3n) is 2.25. The zero-order chi connectivity index (χ0) is 12.4. The van der Waals surface area contributed by atoms with Crippen molar-refractivity contribution in [3.05, 3.63) is 41.5 Å². The van der Waals surface area contributed by atoms with Crippen LogP contribution in [0.25, 0.3) is 11.4 Å². The highest BCUT2D eigenvalue weighted by atomic mass is 19.2. The quantitative estimate of drug-likeness (QED) is 0.809. The van der Waals surface area contributed by atoms with Crippen LogP contribution in [0.1, 0.15) is 5.69 Å². The second kappa shape index (κ2) is 4.58. The fourth-order valence-corrected chi connectivity index (χ4v) is 1.48. The van der Waals surface area contributed by atoms with Crippen LogP contribution in [0, 0.1) is 17.5 Å². The van der Waals surface area contributed by atoms with Crippen LogP contribution in [0.3, 0.4) is 0 Å². The number of H-pyrrole nitrogens is 1. The molecular weight excluding hydrogens is 231 g/mol. The highest BCUT2D eigenvalue weighted by molar-refractivity contribution is 5.55. The molecule has 0 unspecified atom stereocenters. The number of halogens is 3. The topological polar surface area (TPSA) is 40.7 Å². The maximum Gasteiger partial charge on any atom is 0.194 e. The van der Waals surface area contributed by atoms with Crippen molar-refractivity contribution in [2.24, 2.45) is 0 Å². The molecule has 1 heterocycles. The van der Waals surface area contributed by atoms with Crippen molar-refractivity contribution in [3.8, 4) is 11.4 Å². The minimum atomic E-state index is -1.48. The third kappa shape index (κ3) is 2.31. The molecule has 0 aliphatic carbocycles. The van der Waals surface area contributed by atoms with Crippen molar-refractivity contribution in [3.63, 3.8) is 0 Å². The fourth-order valence-electron chi connectivity index (χ4n) is 1.48. The lowest BCUT2D eigenvalue weighted by molar-refractivity contribution is 0.447. The van der Waals surface area contributed by atoms with Crippen LogP contribution in [0.4, 0.5) is 13.2 Å². The number of hydrogen-bond acceptors (Lipinski definition) is 2. The molecule has 2 N–H and O–H groups in total. The van der Waals surface area contributed by atoms with Crippen molar-refractivity contribution in [1.29, 1.82) is 0 Å². The Morgan fingerprint density at radius 3 is 2.47 bits per heavy atom. The van der Waals surface area contributed by atoms with Crippen molar-refractivity contribution < 1.29 is 13.2 Å². The maximum absolute atomic E-state index is 13.0. The van der Waals surface area contributed by atoms with Gasteiger partial charge < -0.3 is 10.3 Å². The molecule has 6 heteroatoms. The summed E-state index contributed by atoms with van der Waals surface area (Å²) < 4.78 is 38.8. The molecule has 2 rings (SSSR count). The number of aromatic amines is 1. The number of nitrogens with one attached hydrogen (secondary N) is 2. The van der Waals surface area contributed by atoms with Crippen molar-refractivity contribution >= 4 is 0 Å². The predicted octanol–water partition coefficient (Wildman–Crippen LogP) is 2.21. The number of rotatable bonds is 3. The van der Waals surface area contributed by atoms with Gasteiger partial charge in [-0.1, -0.05) is 0 Å². The standard InChI is InChI=1S/C11H10F3N3/c1-15-4-7-5-16-11(17-7)6-2-8(12)10(14)9(13)3-6/h2-3,5,15H,4H2,1H3,(H,16,17). The average molecular weight is 241 g/mol. The minimum Gasteiger partial charge on any atom is -0.341 e. The van der Waals surface area contributed by atoms with Gasteiger partial charge in [-0.25, -0.2) is 18.2 Å². The van der Waals surface area contributed by atoms with E-state index >= 15 is 0 Å². The maximum atomic E-state index is 13.0. The van der Waals surface area contributed by atoms with Gasteiger partial charge in [-0.15, -0.1) is 0 Å². The number of nitrogens with zero attached hydrogens (tertiary/aromatic N) is 1. The van der Waals surface area contributed by atoms with E-state index < -0.39 is 17.5 Å². The Labute approximate surface area is 95.7 Å². The van der Waals surface area contributed by atoms with Crippen LogP contribution in [0.2, 0.25) is 0 Å². The number of aromatic nitrogens is 2. The summed E-state index contributed by atoms with van der Waals surface area (Å²) in [5.74, 6) is -3.64. The lowest BCUT2D eigenvalue weighted by atomic mass is 10.2. The second-order valence-corrected chi connectivity index (χ2v) is 3.54. The molecule has 17 heavy (non-hydrogen) atoms. The molecule has 90 valence electrons. The monoisotopic (exact) mass is 241 g/mol. The predicted molar refractivity (Wildman–Crippen MR) is 56.7 cm³/mol. The molecule has 0 radical (unpaired) electrons. The smallest absolute Gasteiger partial charge is 0.194 e. The number of hydrogen-bond donors (Lipinski definition) is 2. The van der Waals surface area contributed by atoms with E-state index in [1.54, 1.807) is 13.2 Å². The molecule has 0 spiro atoms. The molecule has 0 fully saturated rings. The highest BCUT2D eigenvalue weighted by Gasteiger charge is 2.13. The van der Waals surface area contributed by atoms with Crippen molar-refractivity contribution in [1.82, 2.24) is 15.3 Å². The van der Waals surface area contributed by atoms with Crippen LogP contribution in [-0.4, -0.2) is 17.0 Å². The molecular formula is C11H10F3N3. The van der Waals surface area contributed by atoms with Gasteiger partial charge in [0.15, 0.2) is 17.5 Å². The normalized spacial score (nSPS) is 10.8. The summed E-state index contributed by atoms with van der Waals surface area (Å²) >= 11 is 0. The Kier molecular flexibility index (Phi) is 3.14. The second-order valence-electron chi connectivity index (χ2n) is 3.54. The molecule has 0 bridgehead atoms. The van der Waals surface area contributed by atoms with Gasteiger partial charge in [0.05, 0.1) is 0 Å². The highest BCUT2D eigenvalue weighted by Crippen LogP contribution is 2.21. The number of benzene rings is 1. The average Bonchev–Trinajstić information content (AvgIpc) is 2.74. The van der Waals surface area contributed by atoms with Crippen LogP contribution < -0.4 is 5.32 Å². The summed E-state index contributed by atoms with van der Waals surface area (Å²) in [7, 11) is 1.76. The summed E-state index contributed by atoms with van der Waals surface area (Å²) in [6.45, 7) is 0.555. The molecule has 2 aromatic rings. The summed E-state index contributed by atoms with van der Waals surface area (Å²) in [5, 5.41) is 2.90.